The molecule has 9 heteroatoms. The molecule has 3 N–H and O–H groups in total. The molecule has 1 aromatic carbocycles. The largest absolute Gasteiger partial charge is 0.493 e. The van der Waals surface area contributed by atoms with Gasteiger partial charge in [-0.3, -0.25) is 4.55 Å². The monoisotopic (exact) mass is 282 g/mol. The third kappa shape index (κ3) is 3.93. The molecule has 0 saturated heterocycles. The normalized spacial score (nSPS) is 11.1. The highest BCUT2D eigenvalue weighted by atomic mass is 35.5. The molecule has 0 atom stereocenters. The fraction of sp³-hybridized carbons (Fsp3) is 0.250. The van der Waals surface area contributed by atoms with Gasteiger partial charge >= 0.3 is 10.3 Å². The molecule has 0 aliphatic heterocycles. The van der Waals surface area contributed by atoms with Gasteiger partial charge in [0.1, 0.15) is 0 Å². The van der Waals surface area contributed by atoms with Crippen LogP contribution in [-0.4, -0.2) is 27.2 Å². The lowest BCUT2D eigenvalue weighted by Crippen LogP contribution is -2.28. The number of hydrogen-bond donors (Lipinski definition) is 3. The van der Waals surface area contributed by atoms with E-state index in [-0.39, 0.29) is 10.7 Å². The Morgan fingerprint density at radius 2 is 1.76 bits per heavy atom. The van der Waals surface area contributed by atoms with Crippen molar-refractivity contribution in [3.63, 3.8) is 0 Å². The Morgan fingerprint density at radius 3 is 2.24 bits per heavy atom. The van der Waals surface area contributed by atoms with Crippen LogP contribution in [0, 0.1) is 0 Å². The van der Waals surface area contributed by atoms with Crippen LogP contribution in [0.5, 0.6) is 11.5 Å². The molecule has 0 radical (unpaired) electrons. The van der Waals surface area contributed by atoms with E-state index in [1.807, 2.05) is 0 Å². The minimum absolute atomic E-state index is 0.193. The second-order valence-electron chi connectivity index (χ2n) is 2.89. The van der Waals surface area contributed by atoms with Crippen LogP contribution in [0.2, 0.25) is 5.02 Å². The van der Waals surface area contributed by atoms with Gasteiger partial charge in [-0.05, 0) is 0 Å². The summed E-state index contributed by atoms with van der Waals surface area (Å²) in [5.41, 5.74) is 2.43. The highest BCUT2D eigenvalue weighted by Gasteiger charge is 2.11. The number of nitrogens with one attached hydrogen (secondary N) is 2. The lowest BCUT2D eigenvalue weighted by molar-refractivity contribution is 0.355. The SMILES string of the molecule is COc1cc(Cl)c(NNS(=O)(=O)O)cc1OC. The Hall–Kier alpha value is -1.22. The van der Waals surface area contributed by atoms with Crippen LogP contribution in [0.4, 0.5) is 5.69 Å². The second kappa shape index (κ2) is 5.41. The lowest BCUT2D eigenvalue weighted by Gasteiger charge is -2.12. The number of rotatable bonds is 5. The van der Waals surface area contributed by atoms with Crippen molar-refractivity contribution in [2.45, 2.75) is 0 Å². The third-order valence-electron chi connectivity index (χ3n) is 1.79. The molecule has 17 heavy (non-hydrogen) atoms. The minimum atomic E-state index is -4.37. The van der Waals surface area contributed by atoms with Gasteiger partial charge in [-0.15, -0.1) is 4.83 Å². The maximum absolute atomic E-state index is 10.5. The van der Waals surface area contributed by atoms with Crippen LogP contribution < -0.4 is 19.7 Å². The summed E-state index contributed by atoms with van der Waals surface area (Å²) in [7, 11) is -1.50. The Morgan fingerprint density at radius 1 is 1.24 bits per heavy atom. The van der Waals surface area contributed by atoms with E-state index in [1.54, 1.807) is 4.83 Å². The number of benzene rings is 1. The van der Waals surface area contributed by atoms with Crippen molar-refractivity contribution in [2.24, 2.45) is 0 Å². The first-order chi connectivity index (χ1) is 7.87. The molecule has 0 amide bonds. The molecular weight excluding hydrogens is 272 g/mol. The molecule has 0 fully saturated rings. The lowest BCUT2D eigenvalue weighted by atomic mass is 10.3. The third-order valence-corrected chi connectivity index (χ3v) is 2.46. The van der Waals surface area contributed by atoms with Gasteiger partial charge in [-0.25, -0.2) is 0 Å². The second-order valence-corrected chi connectivity index (χ2v) is 4.45. The van der Waals surface area contributed by atoms with Crippen molar-refractivity contribution in [1.82, 2.24) is 4.83 Å². The molecule has 96 valence electrons. The molecule has 7 nitrogen and oxygen atoms in total. The smallest absolute Gasteiger partial charge is 0.350 e. The highest BCUT2D eigenvalue weighted by molar-refractivity contribution is 7.83. The molecular formula is C8H11ClN2O5S. The first-order valence-electron chi connectivity index (χ1n) is 4.29. The van der Waals surface area contributed by atoms with Crippen LogP contribution in [0.15, 0.2) is 12.1 Å². The van der Waals surface area contributed by atoms with Crippen molar-refractivity contribution in [3.8, 4) is 11.5 Å². The van der Waals surface area contributed by atoms with E-state index in [0.717, 1.165) is 0 Å². The van der Waals surface area contributed by atoms with E-state index in [2.05, 4.69) is 5.43 Å². The van der Waals surface area contributed by atoms with Crippen molar-refractivity contribution in [2.75, 3.05) is 19.6 Å². The molecule has 1 aromatic rings. The van der Waals surface area contributed by atoms with Gasteiger partial charge in [0.2, 0.25) is 0 Å². The van der Waals surface area contributed by atoms with Gasteiger partial charge in [0, 0.05) is 12.1 Å². The summed E-state index contributed by atoms with van der Waals surface area (Å²) < 4.78 is 39.4. The number of hydrazine groups is 1. The Balaban J connectivity index is 3.01. The molecule has 0 heterocycles. The maximum atomic E-state index is 10.5. The molecule has 0 saturated carbocycles. The van der Waals surface area contributed by atoms with Gasteiger partial charge in [0.05, 0.1) is 24.9 Å². The maximum Gasteiger partial charge on any atom is 0.350 e. The standard InChI is InChI=1S/C8H11ClN2O5S/c1-15-7-3-5(9)6(4-8(7)16-2)10-11-17(12,13)14/h3-4,10-11H,1-2H3,(H,12,13,14). The first-order valence-corrected chi connectivity index (χ1v) is 6.11. The first kappa shape index (κ1) is 13.8. The average molecular weight is 283 g/mol. The topological polar surface area (TPSA) is 96.9 Å². The summed E-state index contributed by atoms with van der Waals surface area (Å²) in [6, 6.07) is 2.85. The van der Waals surface area contributed by atoms with Crippen LogP contribution >= 0.6 is 11.6 Å². The fourth-order valence-corrected chi connectivity index (χ4v) is 1.51. The van der Waals surface area contributed by atoms with E-state index in [1.165, 1.54) is 26.4 Å². The number of anilines is 1. The Bertz CT molecular complexity index is 505. The molecule has 0 aromatic heterocycles. The number of hydrogen-bond acceptors (Lipinski definition) is 5. The highest BCUT2D eigenvalue weighted by Crippen LogP contribution is 2.35. The summed E-state index contributed by atoms with van der Waals surface area (Å²) >= 11 is 5.85. The summed E-state index contributed by atoms with van der Waals surface area (Å²) in [5, 5.41) is 0.193. The van der Waals surface area contributed by atoms with Crippen LogP contribution in [-0.2, 0) is 10.3 Å². The van der Waals surface area contributed by atoms with Crippen molar-refractivity contribution >= 4 is 27.6 Å². The molecule has 0 spiro atoms. The van der Waals surface area contributed by atoms with E-state index in [9.17, 15) is 8.42 Å². The van der Waals surface area contributed by atoms with E-state index in [0.29, 0.717) is 11.5 Å². The molecule has 1 rings (SSSR count). The zero-order valence-electron chi connectivity index (χ0n) is 9.02. The van der Waals surface area contributed by atoms with E-state index in [4.69, 9.17) is 25.6 Å². The fourth-order valence-electron chi connectivity index (χ4n) is 1.07. The van der Waals surface area contributed by atoms with Gasteiger partial charge in [0.25, 0.3) is 0 Å². The zero-order valence-corrected chi connectivity index (χ0v) is 10.6. The summed E-state index contributed by atoms with van der Waals surface area (Å²) in [5.74, 6) is 0.756. The molecule has 0 aliphatic carbocycles. The minimum Gasteiger partial charge on any atom is -0.493 e. The van der Waals surface area contributed by atoms with Crippen LogP contribution in [0.3, 0.4) is 0 Å². The van der Waals surface area contributed by atoms with Gasteiger partial charge in [-0.2, -0.15) is 8.42 Å². The predicted octanol–water partition coefficient (Wildman–Crippen LogP) is 1.08. The summed E-state index contributed by atoms with van der Waals surface area (Å²) in [6.45, 7) is 0. The summed E-state index contributed by atoms with van der Waals surface area (Å²) in [4.78, 5) is 1.66. The molecule has 0 bridgehead atoms. The van der Waals surface area contributed by atoms with Crippen molar-refractivity contribution < 1.29 is 22.4 Å². The number of methoxy groups -OCH3 is 2. The number of halogens is 1. The van der Waals surface area contributed by atoms with Gasteiger partial charge in [-0.1, -0.05) is 11.6 Å². The molecule has 0 unspecified atom stereocenters. The predicted molar refractivity (Wildman–Crippen MR) is 62.9 cm³/mol. The molecule has 0 aliphatic rings. The van der Waals surface area contributed by atoms with Crippen molar-refractivity contribution in [3.05, 3.63) is 17.2 Å². The quantitative estimate of drug-likeness (QED) is 0.552. The van der Waals surface area contributed by atoms with Crippen LogP contribution in [0.1, 0.15) is 0 Å². The Kier molecular flexibility index (Phi) is 4.40. The van der Waals surface area contributed by atoms with Gasteiger partial charge in [0.15, 0.2) is 11.5 Å². The summed E-state index contributed by atoms with van der Waals surface area (Å²) in [6.07, 6.45) is 0. The van der Waals surface area contributed by atoms with E-state index < -0.39 is 10.3 Å². The number of ether oxygens (including phenoxy) is 2. The van der Waals surface area contributed by atoms with Crippen LogP contribution in [0.25, 0.3) is 0 Å². The average Bonchev–Trinajstić information content (AvgIpc) is 2.25. The Labute approximate surface area is 104 Å². The van der Waals surface area contributed by atoms with Crippen molar-refractivity contribution in [1.29, 1.82) is 0 Å². The van der Waals surface area contributed by atoms with Gasteiger partial charge < -0.3 is 14.9 Å². The zero-order chi connectivity index (χ0) is 13.1. The van der Waals surface area contributed by atoms with E-state index >= 15 is 0 Å².